The van der Waals surface area contributed by atoms with Crippen molar-refractivity contribution in [2.75, 3.05) is 6.61 Å². The van der Waals surface area contributed by atoms with Crippen molar-refractivity contribution in [2.45, 2.75) is 193 Å². The molecule has 5 saturated carbocycles. The summed E-state index contributed by atoms with van der Waals surface area (Å²) in [5, 5.41) is 87.8. The highest BCUT2D eigenvalue weighted by Gasteiger charge is 2.85. The fourth-order valence-electron chi connectivity index (χ4n) is 14.3. The molecule has 7 rings (SSSR count). The normalized spacial score (nSPS) is 54.9. The molecule has 0 aromatic carbocycles. The molecular formula is C42H70O13. The lowest BCUT2D eigenvalue weighted by Crippen LogP contribution is -2.65. The van der Waals surface area contributed by atoms with Crippen LogP contribution in [0.15, 0.2) is 0 Å². The number of carbonyl (C=O) groups excluding carboxylic acids is 1. The fourth-order valence-corrected chi connectivity index (χ4v) is 14.3. The highest BCUT2D eigenvalue weighted by atomic mass is 16.8. The smallest absolute Gasteiger partial charge is 0.187 e. The summed E-state index contributed by atoms with van der Waals surface area (Å²) in [4.78, 5) is 12.6. The number of aliphatic hydroxyl groups is 8. The maximum atomic E-state index is 12.6. The average molecular weight is 783 g/mol. The number of Topliss-reactive ketones (excluding diaryl/α,β-unsaturated/α-hetero) is 1. The van der Waals surface area contributed by atoms with Crippen molar-refractivity contribution in [1.29, 1.82) is 0 Å². The van der Waals surface area contributed by atoms with Crippen LogP contribution in [0.2, 0.25) is 0 Å². The Kier molecular flexibility index (Phi) is 11.1. The van der Waals surface area contributed by atoms with E-state index in [0.717, 1.165) is 32.1 Å². The molecule has 5 aliphatic carbocycles. The Morgan fingerprint density at radius 1 is 0.782 bits per heavy atom. The zero-order valence-corrected chi connectivity index (χ0v) is 34.1. The maximum absolute atomic E-state index is 12.6. The molecule has 2 saturated heterocycles. The Morgan fingerprint density at radius 2 is 1.45 bits per heavy atom. The Labute approximate surface area is 326 Å². The van der Waals surface area contributed by atoms with Gasteiger partial charge in [-0.2, -0.15) is 0 Å². The minimum atomic E-state index is -1.65. The molecule has 7 aliphatic rings. The summed E-state index contributed by atoms with van der Waals surface area (Å²) in [6.45, 7) is 16.0. The van der Waals surface area contributed by atoms with E-state index in [-0.39, 0.29) is 57.0 Å². The molecule has 8 N–H and O–H groups in total. The van der Waals surface area contributed by atoms with E-state index in [2.05, 4.69) is 34.6 Å². The van der Waals surface area contributed by atoms with Gasteiger partial charge < -0.3 is 59.8 Å². The van der Waals surface area contributed by atoms with Gasteiger partial charge in [-0.25, -0.2) is 0 Å². The van der Waals surface area contributed by atoms with Crippen molar-refractivity contribution >= 4 is 5.78 Å². The third-order valence-corrected chi connectivity index (χ3v) is 17.4. The SMILES string of the molecule is CC(C)C(=O)CCC(C)C1C(O)CC2(C)C3CCC4C(C)(C)C(OC5OC(CO)C(O)C(O)C5OC5OC(C)C(O)C(O)C5O)CCC45CC35C(O)CC12C. The molecule has 2 spiro atoms. The van der Waals surface area contributed by atoms with Crippen molar-refractivity contribution in [3.05, 3.63) is 0 Å². The minimum Gasteiger partial charge on any atom is -0.394 e. The predicted molar refractivity (Wildman–Crippen MR) is 198 cm³/mol. The second kappa shape index (κ2) is 14.4. The summed E-state index contributed by atoms with van der Waals surface area (Å²) in [5.74, 6) is 0.815. The summed E-state index contributed by atoms with van der Waals surface area (Å²) >= 11 is 0. The zero-order valence-electron chi connectivity index (χ0n) is 34.1. The molecule has 2 heterocycles. The van der Waals surface area contributed by atoms with Gasteiger partial charge in [0, 0.05) is 17.8 Å². The first-order valence-electron chi connectivity index (χ1n) is 21.1. The molecule has 55 heavy (non-hydrogen) atoms. The Balaban J connectivity index is 1.11. The quantitative estimate of drug-likeness (QED) is 0.149. The number of ketones is 1. The Bertz CT molecular complexity index is 1430. The van der Waals surface area contributed by atoms with Gasteiger partial charge in [0.1, 0.15) is 48.5 Å². The van der Waals surface area contributed by atoms with E-state index < -0.39 is 91.7 Å². The number of rotatable bonds is 10. The summed E-state index contributed by atoms with van der Waals surface area (Å²) in [7, 11) is 0. The molecule has 7 fully saturated rings. The standard InChI is InChI=1S/C42H70O13/c1-19(2)22(44)10-9-20(3)29-23(45)15-39(7)26-12-11-25-38(5,6)28(13-14-41(25)18-42(26,41)27(46)16-40(29,39)8)54-37-35(33(50)31(48)24(17-43)53-37)55-36-34(51)32(49)30(47)21(4)52-36/h19-21,23-37,43,45-51H,9-18H2,1-8H3. The molecule has 2 aliphatic heterocycles. The van der Waals surface area contributed by atoms with Crippen LogP contribution in [0.5, 0.6) is 0 Å². The van der Waals surface area contributed by atoms with Gasteiger partial charge in [-0.1, -0.05) is 48.5 Å². The topological polar surface area (TPSA) is 216 Å². The molecule has 0 aromatic heterocycles. The number of hydrogen-bond acceptors (Lipinski definition) is 13. The zero-order chi connectivity index (χ0) is 40.4. The maximum Gasteiger partial charge on any atom is 0.187 e. The van der Waals surface area contributed by atoms with E-state index in [9.17, 15) is 45.6 Å². The molecule has 0 bridgehead atoms. The van der Waals surface area contributed by atoms with Crippen LogP contribution in [0.4, 0.5) is 0 Å². The largest absolute Gasteiger partial charge is 0.394 e. The van der Waals surface area contributed by atoms with Crippen molar-refractivity contribution in [2.24, 2.45) is 56.7 Å². The van der Waals surface area contributed by atoms with Crippen molar-refractivity contribution in [3.63, 3.8) is 0 Å². The monoisotopic (exact) mass is 782 g/mol. The first-order chi connectivity index (χ1) is 25.6. The van der Waals surface area contributed by atoms with Gasteiger partial charge in [-0.3, -0.25) is 4.79 Å². The second-order valence-corrected chi connectivity index (χ2v) is 20.5. The van der Waals surface area contributed by atoms with E-state index in [1.807, 2.05) is 13.8 Å². The molecule has 0 aromatic rings. The third-order valence-electron chi connectivity index (χ3n) is 17.4. The molecule has 0 radical (unpaired) electrons. The van der Waals surface area contributed by atoms with Gasteiger partial charge in [0.25, 0.3) is 0 Å². The van der Waals surface area contributed by atoms with E-state index >= 15 is 0 Å². The lowest BCUT2D eigenvalue weighted by molar-refractivity contribution is -0.375. The lowest BCUT2D eigenvalue weighted by Gasteiger charge is -2.64. The summed E-state index contributed by atoms with van der Waals surface area (Å²) in [5.41, 5.74) is -1.27. The minimum absolute atomic E-state index is 0.00333. The van der Waals surface area contributed by atoms with Gasteiger partial charge in [-0.15, -0.1) is 0 Å². The molecular weight excluding hydrogens is 712 g/mol. The molecule has 13 nitrogen and oxygen atoms in total. The predicted octanol–water partition coefficient (Wildman–Crippen LogP) is 2.05. The fraction of sp³-hybridized carbons (Fsp3) is 0.976. The van der Waals surface area contributed by atoms with Gasteiger partial charge in [-0.05, 0) is 104 Å². The average Bonchev–Trinajstić information content (AvgIpc) is 3.76. The molecule has 13 heteroatoms. The van der Waals surface area contributed by atoms with E-state index in [0.29, 0.717) is 25.7 Å². The third kappa shape index (κ3) is 6.10. The van der Waals surface area contributed by atoms with Crippen LogP contribution < -0.4 is 0 Å². The van der Waals surface area contributed by atoms with Gasteiger partial charge in [0.15, 0.2) is 12.6 Å². The number of aliphatic hydroxyl groups excluding tert-OH is 8. The summed E-state index contributed by atoms with van der Waals surface area (Å²) < 4.78 is 24.5. The van der Waals surface area contributed by atoms with Crippen LogP contribution in [0.25, 0.3) is 0 Å². The van der Waals surface area contributed by atoms with Crippen LogP contribution in [-0.2, 0) is 23.7 Å². The number of fused-ring (bicyclic) bond motifs is 2. The lowest BCUT2D eigenvalue weighted by atomic mass is 9.41. The Morgan fingerprint density at radius 3 is 2.11 bits per heavy atom. The van der Waals surface area contributed by atoms with Crippen LogP contribution in [0.1, 0.15) is 113 Å². The van der Waals surface area contributed by atoms with Crippen LogP contribution >= 0.6 is 0 Å². The van der Waals surface area contributed by atoms with Gasteiger partial charge in [0.2, 0.25) is 0 Å². The highest BCUT2D eigenvalue weighted by molar-refractivity contribution is 5.80. The van der Waals surface area contributed by atoms with Gasteiger partial charge >= 0.3 is 0 Å². The van der Waals surface area contributed by atoms with Crippen LogP contribution in [0, 0.1) is 56.7 Å². The van der Waals surface area contributed by atoms with Gasteiger partial charge in [0.05, 0.1) is 31.0 Å². The highest BCUT2D eigenvalue weighted by Crippen LogP contribution is 2.89. The van der Waals surface area contributed by atoms with E-state index in [1.54, 1.807) is 0 Å². The van der Waals surface area contributed by atoms with E-state index in [1.165, 1.54) is 6.92 Å². The van der Waals surface area contributed by atoms with Crippen molar-refractivity contribution in [3.8, 4) is 0 Å². The number of hydrogen-bond donors (Lipinski definition) is 8. The first kappa shape index (κ1) is 42.3. The number of carbonyl (C=O) groups is 1. The molecule has 316 valence electrons. The molecule has 0 amide bonds. The van der Waals surface area contributed by atoms with E-state index in [4.69, 9.17) is 18.9 Å². The second-order valence-electron chi connectivity index (χ2n) is 20.5. The molecule has 21 atom stereocenters. The summed E-state index contributed by atoms with van der Waals surface area (Å²) in [6.07, 6.45) is -8.54. The van der Waals surface area contributed by atoms with Crippen molar-refractivity contribution < 1.29 is 64.6 Å². The van der Waals surface area contributed by atoms with Crippen LogP contribution in [0.3, 0.4) is 0 Å². The summed E-state index contributed by atoms with van der Waals surface area (Å²) in [6, 6.07) is 0. The Hall–Kier alpha value is -0.810. The molecule has 21 unspecified atom stereocenters. The number of ether oxygens (including phenoxy) is 4. The van der Waals surface area contributed by atoms with Crippen molar-refractivity contribution in [1.82, 2.24) is 0 Å². The van der Waals surface area contributed by atoms with Crippen LogP contribution in [-0.4, -0.2) is 133 Å². The first-order valence-corrected chi connectivity index (χ1v) is 21.1.